The maximum absolute atomic E-state index is 12.4. The standard InChI is InChI=1S/C21H26N2O4/c1-27-17-9-7-16(8-10-17)12-23-13-20(25)22-18(21(26)19(23)14-24)11-15-5-3-2-4-6-15/h2-10,18-19,21,24,26H,11-14H2,1H3,(H,22,25)/t18-,19-,21+/m1/s1. The topological polar surface area (TPSA) is 82.0 Å². The van der Waals surface area contributed by atoms with Crippen molar-refractivity contribution in [2.75, 3.05) is 20.3 Å². The van der Waals surface area contributed by atoms with E-state index in [0.717, 1.165) is 16.9 Å². The molecule has 1 aliphatic heterocycles. The lowest BCUT2D eigenvalue weighted by Gasteiger charge is -2.32. The zero-order valence-corrected chi connectivity index (χ0v) is 15.4. The molecule has 0 saturated carbocycles. The Labute approximate surface area is 159 Å². The largest absolute Gasteiger partial charge is 0.497 e. The Balaban J connectivity index is 1.76. The van der Waals surface area contributed by atoms with Crippen molar-refractivity contribution in [1.82, 2.24) is 10.2 Å². The number of hydrogen-bond donors (Lipinski definition) is 3. The van der Waals surface area contributed by atoms with Gasteiger partial charge in [0.25, 0.3) is 0 Å². The van der Waals surface area contributed by atoms with E-state index in [4.69, 9.17) is 4.74 Å². The number of benzene rings is 2. The monoisotopic (exact) mass is 370 g/mol. The van der Waals surface area contributed by atoms with Crippen LogP contribution in [0.25, 0.3) is 0 Å². The van der Waals surface area contributed by atoms with Gasteiger partial charge in [-0.15, -0.1) is 0 Å². The van der Waals surface area contributed by atoms with Crippen molar-refractivity contribution in [2.24, 2.45) is 0 Å². The minimum Gasteiger partial charge on any atom is -0.497 e. The molecule has 3 N–H and O–H groups in total. The molecule has 3 atom stereocenters. The zero-order valence-electron chi connectivity index (χ0n) is 15.4. The molecule has 0 spiro atoms. The molecule has 1 heterocycles. The van der Waals surface area contributed by atoms with E-state index in [-0.39, 0.29) is 19.1 Å². The maximum atomic E-state index is 12.4. The number of aliphatic hydroxyl groups is 2. The normalized spacial score (nSPS) is 23.5. The van der Waals surface area contributed by atoms with Crippen LogP contribution in [0.1, 0.15) is 11.1 Å². The molecule has 1 aliphatic rings. The number of hydrogen-bond acceptors (Lipinski definition) is 5. The third-order valence-corrected chi connectivity index (χ3v) is 5.00. The number of methoxy groups -OCH3 is 1. The fourth-order valence-electron chi connectivity index (χ4n) is 3.53. The van der Waals surface area contributed by atoms with Gasteiger partial charge in [0, 0.05) is 6.54 Å². The molecule has 2 aromatic carbocycles. The van der Waals surface area contributed by atoms with E-state index < -0.39 is 18.2 Å². The van der Waals surface area contributed by atoms with Crippen LogP contribution in [-0.4, -0.2) is 59.5 Å². The minimum absolute atomic E-state index is 0.125. The molecule has 2 aromatic rings. The van der Waals surface area contributed by atoms with Crippen LogP contribution in [0.15, 0.2) is 54.6 Å². The molecule has 1 amide bonds. The Morgan fingerprint density at radius 3 is 2.44 bits per heavy atom. The first-order valence-corrected chi connectivity index (χ1v) is 9.10. The summed E-state index contributed by atoms with van der Waals surface area (Å²) in [6.45, 7) is 0.356. The number of aliphatic hydroxyl groups excluding tert-OH is 2. The molecule has 0 bridgehead atoms. The van der Waals surface area contributed by atoms with Crippen LogP contribution in [-0.2, 0) is 17.8 Å². The van der Waals surface area contributed by atoms with Gasteiger partial charge in [-0.05, 0) is 29.7 Å². The lowest BCUT2D eigenvalue weighted by Crippen LogP contribution is -2.51. The molecule has 0 unspecified atom stereocenters. The van der Waals surface area contributed by atoms with E-state index in [9.17, 15) is 15.0 Å². The predicted molar refractivity (Wildman–Crippen MR) is 102 cm³/mol. The first-order valence-electron chi connectivity index (χ1n) is 9.10. The number of amides is 1. The second kappa shape index (κ2) is 8.99. The SMILES string of the molecule is COc1ccc(CN2CC(=O)N[C@H](Cc3ccccc3)[C@H](O)[C@H]2CO)cc1. The number of nitrogens with one attached hydrogen (secondary N) is 1. The quantitative estimate of drug-likeness (QED) is 0.706. The molecule has 1 saturated heterocycles. The van der Waals surface area contributed by atoms with Gasteiger partial charge in [-0.1, -0.05) is 42.5 Å². The fourth-order valence-corrected chi connectivity index (χ4v) is 3.53. The summed E-state index contributed by atoms with van der Waals surface area (Å²) in [4.78, 5) is 14.3. The molecular formula is C21H26N2O4. The minimum atomic E-state index is -0.875. The second-order valence-corrected chi connectivity index (χ2v) is 6.86. The van der Waals surface area contributed by atoms with Gasteiger partial charge in [-0.25, -0.2) is 0 Å². The fraction of sp³-hybridized carbons (Fsp3) is 0.381. The smallest absolute Gasteiger partial charge is 0.234 e. The van der Waals surface area contributed by atoms with Gasteiger partial charge in [0.2, 0.25) is 5.91 Å². The lowest BCUT2D eigenvalue weighted by atomic mass is 9.96. The van der Waals surface area contributed by atoms with Crippen LogP contribution in [0, 0.1) is 0 Å². The summed E-state index contributed by atoms with van der Waals surface area (Å²) < 4.78 is 5.17. The van der Waals surface area contributed by atoms with Gasteiger partial charge in [0.15, 0.2) is 0 Å². The van der Waals surface area contributed by atoms with E-state index in [0.29, 0.717) is 13.0 Å². The van der Waals surface area contributed by atoms with Gasteiger partial charge in [0.1, 0.15) is 5.75 Å². The average Bonchev–Trinajstić information content (AvgIpc) is 2.79. The van der Waals surface area contributed by atoms with E-state index in [1.165, 1.54) is 0 Å². The van der Waals surface area contributed by atoms with E-state index in [1.54, 1.807) is 7.11 Å². The van der Waals surface area contributed by atoms with Crippen molar-refractivity contribution in [3.63, 3.8) is 0 Å². The van der Waals surface area contributed by atoms with Crippen molar-refractivity contribution in [3.8, 4) is 5.75 Å². The Morgan fingerprint density at radius 2 is 1.81 bits per heavy atom. The van der Waals surface area contributed by atoms with E-state index in [2.05, 4.69) is 5.32 Å². The van der Waals surface area contributed by atoms with Gasteiger partial charge in [-0.2, -0.15) is 0 Å². The molecule has 6 nitrogen and oxygen atoms in total. The lowest BCUT2D eigenvalue weighted by molar-refractivity contribution is -0.122. The van der Waals surface area contributed by atoms with Crippen molar-refractivity contribution in [3.05, 3.63) is 65.7 Å². The van der Waals surface area contributed by atoms with Crippen LogP contribution in [0.3, 0.4) is 0 Å². The summed E-state index contributed by atoms with van der Waals surface area (Å²) in [5, 5.41) is 23.7. The highest BCUT2D eigenvalue weighted by molar-refractivity contribution is 5.79. The second-order valence-electron chi connectivity index (χ2n) is 6.86. The number of ether oxygens (including phenoxy) is 1. The third kappa shape index (κ3) is 4.86. The molecule has 27 heavy (non-hydrogen) atoms. The van der Waals surface area contributed by atoms with Crippen LogP contribution in [0.4, 0.5) is 0 Å². The highest BCUT2D eigenvalue weighted by Gasteiger charge is 2.37. The Kier molecular flexibility index (Phi) is 6.45. The van der Waals surface area contributed by atoms with Crippen LogP contribution in [0.5, 0.6) is 5.75 Å². The summed E-state index contributed by atoms with van der Waals surface area (Å²) >= 11 is 0. The van der Waals surface area contributed by atoms with Crippen molar-refractivity contribution in [2.45, 2.75) is 31.2 Å². The van der Waals surface area contributed by atoms with Crippen molar-refractivity contribution < 1.29 is 19.7 Å². The maximum Gasteiger partial charge on any atom is 0.234 e. The predicted octanol–water partition coefficient (Wildman–Crippen LogP) is 0.960. The zero-order chi connectivity index (χ0) is 19.2. The van der Waals surface area contributed by atoms with Crippen molar-refractivity contribution >= 4 is 5.91 Å². The Morgan fingerprint density at radius 1 is 1.11 bits per heavy atom. The van der Waals surface area contributed by atoms with Gasteiger partial charge >= 0.3 is 0 Å². The van der Waals surface area contributed by atoms with Crippen LogP contribution in [0.2, 0.25) is 0 Å². The molecular weight excluding hydrogens is 344 g/mol. The highest BCUT2D eigenvalue weighted by atomic mass is 16.5. The van der Waals surface area contributed by atoms with Gasteiger partial charge < -0.3 is 20.3 Å². The first kappa shape index (κ1) is 19.4. The van der Waals surface area contributed by atoms with Gasteiger partial charge in [0.05, 0.1) is 38.4 Å². The number of rotatable bonds is 6. The summed E-state index contributed by atoms with van der Waals surface area (Å²) in [5.74, 6) is 0.605. The number of carbonyl (C=O) groups excluding carboxylic acids is 1. The average molecular weight is 370 g/mol. The van der Waals surface area contributed by atoms with Gasteiger partial charge in [-0.3, -0.25) is 9.69 Å². The summed E-state index contributed by atoms with van der Waals surface area (Å²) in [6.07, 6.45) is -0.361. The summed E-state index contributed by atoms with van der Waals surface area (Å²) in [6, 6.07) is 16.3. The molecule has 0 radical (unpaired) electrons. The molecule has 1 fully saturated rings. The molecule has 144 valence electrons. The molecule has 0 aliphatic carbocycles. The Bertz CT molecular complexity index is 736. The Hall–Kier alpha value is -2.41. The van der Waals surface area contributed by atoms with E-state index in [1.807, 2.05) is 59.5 Å². The molecule has 6 heteroatoms. The number of nitrogens with zero attached hydrogens (tertiary/aromatic N) is 1. The van der Waals surface area contributed by atoms with E-state index >= 15 is 0 Å². The van der Waals surface area contributed by atoms with Crippen LogP contribution < -0.4 is 10.1 Å². The summed E-state index contributed by atoms with van der Waals surface area (Å²) in [5.41, 5.74) is 2.01. The summed E-state index contributed by atoms with van der Waals surface area (Å²) in [7, 11) is 1.61. The number of carbonyl (C=O) groups is 1. The third-order valence-electron chi connectivity index (χ3n) is 5.00. The molecule has 0 aromatic heterocycles. The first-order chi connectivity index (χ1) is 13.1. The van der Waals surface area contributed by atoms with Crippen molar-refractivity contribution in [1.29, 1.82) is 0 Å². The van der Waals surface area contributed by atoms with Crippen LogP contribution >= 0.6 is 0 Å². The highest BCUT2D eigenvalue weighted by Crippen LogP contribution is 2.20. The molecule has 3 rings (SSSR count).